The zero-order valence-corrected chi connectivity index (χ0v) is 11.0. The number of carbonyl (C=O) groups is 1. The first-order valence-corrected chi connectivity index (χ1v) is 6.69. The van der Waals surface area contributed by atoms with Crippen molar-refractivity contribution in [1.82, 2.24) is 0 Å². The highest BCUT2D eigenvalue weighted by Gasteiger charge is 2.62. The molecule has 0 spiro atoms. The molecule has 0 radical (unpaired) electrons. The minimum Gasteiger partial charge on any atom is -0.459 e. The van der Waals surface area contributed by atoms with Gasteiger partial charge < -0.3 is 9.84 Å². The van der Waals surface area contributed by atoms with Gasteiger partial charge in [0.15, 0.2) is 0 Å². The number of aliphatic hydroxyl groups is 1. The number of carbonyl (C=O) groups excluding carboxylic acids is 1. The van der Waals surface area contributed by atoms with Crippen LogP contribution in [-0.4, -0.2) is 23.3 Å². The second kappa shape index (κ2) is 3.47. The predicted molar refractivity (Wildman–Crippen MR) is 67.7 cm³/mol. The molecule has 0 aromatic heterocycles. The molecule has 3 aliphatic rings. The maximum Gasteiger partial charge on any atom is 0.336 e. The summed E-state index contributed by atoms with van der Waals surface area (Å²) in [5, 5.41) is 11.0. The summed E-state index contributed by atoms with van der Waals surface area (Å²) >= 11 is 0. The normalized spacial score (nSPS) is 47.2. The van der Waals surface area contributed by atoms with E-state index in [-0.39, 0.29) is 23.9 Å². The van der Waals surface area contributed by atoms with Crippen LogP contribution < -0.4 is 0 Å². The fourth-order valence-electron chi connectivity index (χ4n) is 3.99. The van der Waals surface area contributed by atoms with Gasteiger partial charge in [0.2, 0.25) is 0 Å². The number of rotatable bonds is 0. The predicted octanol–water partition coefficient (Wildman–Crippen LogP) is 2.21. The summed E-state index contributed by atoms with van der Waals surface area (Å²) in [5.41, 5.74) is 0.263. The van der Waals surface area contributed by atoms with Gasteiger partial charge in [0.05, 0.1) is 5.57 Å². The van der Waals surface area contributed by atoms with Crippen molar-refractivity contribution >= 4 is 5.97 Å². The van der Waals surface area contributed by atoms with Crippen LogP contribution >= 0.6 is 0 Å². The quantitative estimate of drug-likeness (QED) is 0.528. The summed E-state index contributed by atoms with van der Waals surface area (Å²) in [6.07, 6.45) is 4.61. The molecule has 1 heterocycles. The molecule has 1 aliphatic heterocycles. The summed E-state index contributed by atoms with van der Waals surface area (Å²) in [7, 11) is 0. The van der Waals surface area contributed by atoms with Crippen molar-refractivity contribution in [3.8, 4) is 0 Å². The van der Waals surface area contributed by atoms with Crippen LogP contribution in [0.15, 0.2) is 23.8 Å². The first-order chi connectivity index (χ1) is 8.40. The van der Waals surface area contributed by atoms with Crippen LogP contribution in [0.25, 0.3) is 0 Å². The molecule has 0 bridgehead atoms. The molecular formula is C15H20O3. The number of hydrogen-bond acceptors (Lipinski definition) is 3. The Morgan fingerprint density at radius 2 is 2.28 bits per heavy atom. The molecule has 3 nitrogen and oxygen atoms in total. The third kappa shape index (κ3) is 1.21. The summed E-state index contributed by atoms with van der Waals surface area (Å²) in [4.78, 5) is 11.7. The molecule has 3 heteroatoms. The minimum absolute atomic E-state index is 0.103. The molecule has 0 amide bonds. The van der Waals surface area contributed by atoms with Crippen molar-refractivity contribution in [2.45, 2.75) is 38.7 Å². The molecule has 98 valence electrons. The number of cyclic esters (lactones) is 1. The van der Waals surface area contributed by atoms with Gasteiger partial charge in [0, 0.05) is 5.41 Å². The van der Waals surface area contributed by atoms with E-state index in [1.54, 1.807) is 0 Å². The summed E-state index contributed by atoms with van der Waals surface area (Å²) in [5.74, 6) is 0.408. The number of fused-ring (bicyclic) bond motifs is 3. The lowest BCUT2D eigenvalue weighted by molar-refractivity contribution is -0.136. The largest absolute Gasteiger partial charge is 0.459 e. The van der Waals surface area contributed by atoms with Gasteiger partial charge >= 0.3 is 5.97 Å². The van der Waals surface area contributed by atoms with E-state index in [4.69, 9.17) is 4.74 Å². The summed E-state index contributed by atoms with van der Waals surface area (Å²) < 4.78 is 5.09. The SMILES string of the molecule is C=C1C(C)CCC2(C)C1CC=C1C(=O)OCC12O. The Morgan fingerprint density at radius 1 is 1.56 bits per heavy atom. The van der Waals surface area contributed by atoms with Crippen LogP contribution in [0.2, 0.25) is 0 Å². The molecule has 1 saturated carbocycles. The van der Waals surface area contributed by atoms with Crippen LogP contribution in [0.4, 0.5) is 0 Å². The highest BCUT2D eigenvalue weighted by atomic mass is 16.6. The number of hydrogen-bond donors (Lipinski definition) is 1. The lowest BCUT2D eigenvalue weighted by Crippen LogP contribution is -2.57. The molecule has 4 atom stereocenters. The van der Waals surface area contributed by atoms with E-state index in [9.17, 15) is 9.90 Å². The molecule has 0 aromatic rings. The van der Waals surface area contributed by atoms with Crippen LogP contribution in [0.1, 0.15) is 33.1 Å². The lowest BCUT2D eigenvalue weighted by Gasteiger charge is -2.54. The Bertz CT molecular complexity index is 464. The monoisotopic (exact) mass is 248 g/mol. The van der Waals surface area contributed by atoms with E-state index in [0.29, 0.717) is 11.5 Å². The highest BCUT2D eigenvalue weighted by Crippen LogP contribution is 2.59. The molecule has 3 rings (SSSR count). The van der Waals surface area contributed by atoms with Crippen molar-refractivity contribution in [2.75, 3.05) is 6.61 Å². The third-order valence-corrected chi connectivity index (χ3v) is 5.53. The maximum atomic E-state index is 11.7. The molecule has 1 N–H and O–H groups in total. The fraction of sp³-hybridized carbons (Fsp3) is 0.667. The Kier molecular flexibility index (Phi) is 2.31. The number of ether oxygens (including phenoxy) is 1. The van der Waals surface area contributed by atoms with Crippen molar-refractivity contribution in [2.24, 2.45) is 17.3 Å². The Labute approximate surface area is 108 Å². The second-order valence-electron chi connectivity index (χ2n) is 6.27. The standard InChI is InChI=1S/C15H20O3/c1-9-6-7-14(3)11(10(9)2)4-5-12-13(16)18-8-15(12,14)17/h5,9,11,17H,2,4,6-8H2,1,3H3. The molecule has 2 fully saturated rings. The van der Waals surface area contributed by atoms with Gasteiger partial charge in [-0.25, -0.2) is 4.79 Å². The first-order valence-electron chi connectivity index (χ1n) is 6.69. The van der Waals surface area contributed by atoms with Gasteiger partial charge in [-0.2, -0.15) is 0 Å². The van der Waals surface area contributed by atoms with Crippen molar-refractivity contribution in [3.63, 3.8) is 0 Å². The van der Waals surface area contributed by atoms with E-state index in [1.165, 1.54) is 5.57 Å². The van der Waals surface area contributed by atoms with Gasteiger partial charge in [-0.15, -0.1) is 0 Å². The third-order valence-electron chi connectivity index (χ3n) is 5.53. The molecule has 0 aromatic carbocycles. The van der Waals surface area contributed by atoms with E-state index < -0.39 is 5.60 Å². The highest BCUT2D eigenvalue weighted by molar-refractivity contribution is 5.93. The van der Waals surface area contributed by atoms with E-state index in [0.717, 1.165) is 19.3 Å². The molecule has 1 saturated heterocycles. The smallest absolute Gasteiger partial charge is 0.336 e. The average Bonchev–Trinajstić information content (AvgIpc) is 2.63. The zero-order chi connectivity index (χ0) is 13.1. The van der Waals surface area contributed by atoms with Gasteiger partial charge in [0.25, 0.3) is 0 Å². The summed E-state index contributed by atoms with van der Waals surface area (Å²) in [6, 6.07) is 0. The summed E-state index contributed by atoms with van der Waals surface area (Å²) in [6.45, 7) is 8.61. The van der Waals surface area contributed by atoms with Gasteiger partial charge in [-0.05, 0) is 31.1 Å². The maximum absolute atomic E-state index is 11.7. The van der Waals surface area contributed by atoms with Crippen LogP contribution in [0.5, 0.6) is 0 Å². The fourth-order valence-corrected chi connectivity index (χ4v) is 3.99. The molecule has 2 aliphatic carbocycles. The van der Waals surface area contributed by atoms with Gasteiger partial charge in [-0.3, -0.25) is 0 Å². The van der Waals surface area contributed by atoms with Gasteiger partial charge in [0.1, 0.15) is 12.2 Å². The molecule has 18 heavy (non-hydrogen) atoms. The Morgan fingerprint density at radius 3 is 3.00 bits per heavy atom. The topological polar surface area (TPSA) is 46.5 Å². The minimum atomic E-state index is -1.12. The second-order valence-corrected chi connectivity index (χ2v) is 6.27. The van der Waals surface area contributed by atoms with Crippen molar-refractivity contribution in [3.05, 3.63) is 23.8 Å². The first kappa shape index (κ1) is 12.0. The molecule has 4 unspecified atom stereocenters. The van der Waals surface area contributed by atoms with E-state index in [1.807, 2.05) is 6.08 Å². The van der Waals surface area contributed by atoms with Crippen LogP contribution in [0, 0.1) is 17.3 Å². The van der Waals surface area contributed by atoms with E-state index >= 15 is 0 Å². The number of esters is 1. The Hall–Kier alpha value is -1.09. The molecular weight excluding hydrogens is 228 g/mol. The average molecular weight is 248 g/mol. The van der Waals surface area contributed by atoms with Crippen LogP contribution in [0.3, 0.4) is 0 Å². The zero-order valence-electron chi connectivity index (χ0n) is 11.0. The van der Waals surface area contributed by atoms with Crippen LogP contribution in [-0.2, 0) is 9.53 Å². The van der Waals surface area contributed by atoms with Crippen molar-refractivity contribution < 1.29 is 14.6 Å². The van der Waals surface area contributed by atoms with Crippen molar-refractivity contribution in [1.29, 1.82) is 0 Å². The van der Waals surface area contributed by atoms with Gasteiger partial charge in [-0.1, -0.05) is 32.1 Å². The lowest BCUT2D eigenvalue weighted by atomic mass is 9.51. The number of allylic oxidation sites excluding steroid dienone is 2. The Balaban J connectivity index is 2.10. The van der Waals surface area contributed by atoms with E-state index in [2.05, 4.69) is 20.4 Å².